The average molecular weight is 397 g/mol. The average Bonchev–Trinajstić information content (AvgIpc) is 2.50. The summed E-state index contributed by atoms with van der Waals surface area (Å²) in [6.45, 7) is 1.81. The Bertz CT molecular complexity index is 655. The summed E-state index contributed by atoms with van der Waals surface area (Å²) in [6, 6.07) is 1.43. The molecule has 1 heterocycles. The van der Waals surface area contributed by atoms with Crippen LogP contribution in [-0.4, -0.2) is 24.2 Å². The van der Waals surface area contributed by atoms with Gasteiger partial charge in [0.2, 0.25) is 0 Å². The van der Waals surface area contributed by atoms with Crippen LogP contribution in [0, 0.1) is 11.8 Å². The van der Waals surface area contributed by atoms with E-state index in [0.29, 0.717) is 24.0 Å². The molecule has 1 aromatic carbocycles. The Morgan fingerprint density at radius 1 is 1.04 bits per heavy atom. The van der Waals surface area contributed by atoms with Crippen LogP contribution in [0.15, 0.2) is 18.2 Å². The topological polar surface area (TPSA) is 36.1 Å². The highest BCUT2D eigenvalue weighted by molar-refractivity contribution is 7.80. The summed E-state index contributed by atoms with van der Waals surface area (Å²) in [5.74, 6) is 0.956. The van der Waals surface area contributed by atoms with E-state index in [-0.39, 0.29) is 22.9 Å². The van der Waals surface area contributed by atoms with Crippen LogP contribution in [0.25, 0.3) is 0 Å². The van der Waals surface area contributed by atoms with Crippen molar-refractivity contribution in [1.29, 1.82) is 0 Å². The Morgan fingerprint density at radius 3 is 2.19 bits per heavy atom. The molecule has 3 nitrogen and oxygen atoms in total. The fraction of sp³-hybridized carbons (Fsp3) is 0.562. The highest BCUT2D eigenvalue weighted by Crippen LogP contribution is 2.39. The number of hydrogen-bond donors (Lipinski definition) is 3. The first-order chi connectivity index (χ1) is 12.0. The maximum absolute atomic E-state index is 12.9. The first-order valence-corrected chi connectivity index (χ1v) is 8.52. The molecule has 10 heteroatoms. The molecule has 1 aromatic rings. The minimum Gasteiger partial charge on any atom is -0.359 e. The van der Waals surface area contributed by atoms with Gasteiger partial charge in [0.25, 0.3) is 0 Å². The molecule has 3 N–H and O–H groups in total. The lowest BCUT2D eigenvalue weighted by atomic mass is 9.66. The Morgan fingerprint density at radius 2 is 1.65 bits per heavy atom. The van der Waals surface area contributed by atoms with Crippen LogP contribution in [0.3, 0.4) is 0 Å². The smallest absolute Gasteiger partial charge is 0.359 e. The van der Waals surface area contributed by atoms with Gasteiger partial charge in [-0.1, -0.05) is 0 Å². The van der Waals surface area contributed by atoms with Crippen LogP contribution < -0.4 is 16.0 Å². The number of benzene rings is 1. The number of anilines is 1. The number of thiocarbonyl (C=S) groups is 1. The molecule has 1 saturated carbocycles. The van der Waals surface area contributed by atoms with E-state index in [0.717, 1.165) is 25.9 Å². The normalized spacial score (nSPS) is 25.8. The Kier molecular flexibility index (Phi) is 5.08. The third-order valence-electron chi connectivity index (χ3n) is 4.90. The van der Waals surface area contributed by atoms with E-state index in [1.54, 1.807) is 0 Å². The van der Waals surface area contributed by atoms with Crippen LogP contribution in [0.5, 0.6) is 0 Å². The summed E-state index contributed by atoms with van der Waals surface area (Å²) in [4.78, 5) is 0. The highest BCUT2D eigenvalue weighted by Gasteiger charge is 2.42. The Labute approximate surface area is 151 Å². The third kappa shape index (κ3) is 4.22. The van der Waals surface area contributed by atoms with Crippen molar-refractivity contribution in [2.75, 3.05) is 18.4 Å². The van der Waals surface area contributed by atoms with E-state index in [4.69, 9.17) is 12.2 Å². The predicted octanol–water partition coefficient (Wildman–Crippen LogP) is 4.01. The molecule has 3 rings (SSSR count). The lowest BCUT2D eigenvalue weighted by Crippen LogP contribution is -2.58. The molecule has 1 aliphatic carbocycles. The highest BCUT2D eigenvalue weighted by atomic mass is 32.1. The summed E-state index contributed by atoms with van der Waals surface area (Å²) < 4.78 is 77.3. The number of piperidine rings is 1. The van der Waals surface area contributed by atoms with Crippen molar-refractivity contribution in [3.05, 3.63) is 29.3 Å². The number of nitrogens with one attached hydrogen (secondary N) is 3. The van der Waals surface area contributed by atoms with Gasteiger partial charge in [-0.2, -0.15) is 26.3 Å². The van der Waals surface area contributed by atoms with Crippen LogP contribution in [0.1, 0.15) is 24.0 Å². The molecule has 0 bridgehead atoms. The second-order valence-electron chi connectivity index (χ2n) is 6.65. The summed E-state index contributed by atoms with van der Waals surface area (Å²) in [5, 5.41) is 8.79. The fourth-order valence-electron chi connectivity index (χ4n) is 3.56. The van der Waals surface area contributed by atoms with Gasteiger partial charge in [0.05, 0.1) is 11.1 Å². The van der Waals surface area contributed by atoms with E-state index in [9.17, 15) is 26.3 Å². The molecule has 26 heavy (non-hydrogen) atoms. The van der Waals surface area contributed by atoms with Gasteiger partial charge in [-0.15, -0.1) is 0 Å². The van der Waals surface area contributed by atoms with Gasteiger partial charge >= 0.3 is 12.4 Å². The fourth-order valence-corrected chi connectivity index (χ4v) is 3.83. The Balaban J connectivity index is 1.71. The minimum absolute atomic E-state index is 0.0273. The SMILES string of the molecule is FC(F)(F)c1cc(NC(=S)NC2C[C@H]3CNCCC23)cc(C(F)(F)F)c1. The lowest BCUT2D eigenvalue weighted by molar-refractivity contribution is -0.143. The van der Waals surface area contributed by atoms with Crippen molar-refractivity contribution in [3.63, 3.8) is 0 Å². The first kappa shape index (κ1) is 19.2. The van der Waals surface area contributed by atoms with Crippen molar-refractivity contribution in [1.82, 2.24) is 10.6 Å². The zero-order valence-corrected chi connectivity index (χ0v) is 14.3. The zero-order valence-electron chi connectivity index (χ0n) is 13.5. The molecule has 0 spiro atoms. The van der Waals surface area contributed by atoms with Gasteiger partial charge in [0, 0.05) is 11.7 Å². The molecule has 1 saturated heterocycles. The molecule has 0 aromatic heterocycles. The standard InChI is InChI=1S/C16H17F6N3S/c17-15(18,19)9-4-10(16(20,21)22)6-11(5-9)24-14(26)25-13-3-8-7-23-2-1-12(8)13/h4-6,8,12-13,23H,1-3,7H2,(H2,24,25,26)/t8-,12?,13?/m0/s1. The van der Waals surface area contributed by atoms with Crippen molar-refractivity contribution >= 4 is 23.0 Å². The number of rotatable bonds is 2. The second-order valence-corrected chi connectivity index (χ2v) is 7.06. The van der Waals surface area contributed by atoms with Crippen LogP contribution in [0.2, 0.25) is 0 Å². The quantitative estimate of drug-likeness (QED) is 0.521. The number of alkyl halides is 6. The van der Waals surface area contributed by atoms with Crippen LogP contribution >= 0.6 is 12.2 Å². The van der Waals surface area contributed by atoms with Crippen molar-refractivity contribution in [2.45, 2.75) is 31.2 Å². The predicted molar refractivity (Wildman–Crippen MR) is 88.7 cm³/mol. The lowest BCUT2D eigenvalue weighted by Gasteiger charge is -2.48. The summed E-state index contributed by atoms with van der Waals surface area (Å²) in [6.07, 6.45) is -7.94. The third-order valence-corrected chi connectivity index (χ3v) is 5.12. The van der Waals surface area contributed by atoms with Gasteiger partial charge in [-0.25, -0.2) is 0 Å². The molecule has 2 unspecified atom stereocenters. The van der Waals surface area contributed by atoms with Gasteiger partial charge in [0.1, 0.15) is 0 Å². The molecular formula is C16H17F6N3S. The summed E-state index contributed by atoms with van der Waals surface area (Å²) in [7, 11) is 0. The van der Waals surface area contributed by atoms with E-state index in [2.05, 4.69) is 16.0 Å². The van der Waals surface area contributed by atoms with Crippen LogP contribution in [0.4, 0.5) is 32.0 Å². The monoisotopic (exact) mass is 397 g/mol. The second kappa shape index (κ2) is 6.88. The number of halogens is 6. The Hall–Kier alpha value is -1.55. The first-order valence-electron chi connectivity index (χ1n) is 8.12. The molecule has 2 fully saturated rings. The van der Waals surface area contributed by atoms with Crippen molar-refractivity contribution in [3.8, 4) is 0 Å². The van der Waals surface area contributed by atoms with Crippen LogP contribution in [-0.2, 0) is 12.4 Å². The number of fused-ring (bicyclic) bond motifs is 1. The van der Waals surface area contributed by atoms with Gasteiger partial charge in [-0.05, 0) is 68.2 Å². The van der Waals surface area contributed by atoms with E-state index in [1.807, 2.05) is 0 Å². The van der Waals surface area contributed by atoms with Gasteiger partial charge in [0.15, 0.2) is 5.11 Å². The molecular weight excluding hydrogens is 380 g/mol. The van der Waals surface area contributed by atoms with Gasteiger partial charge in [-0.3, -0.25) is 0 Å². The molecule has 1 aliphatic heterocycles. The van der Waals surface area contributed by atoms with Crippen molar-refractivity contribution in [2.24, 2.45) is 11.8 Å². The summed E-state index contributed by atoms with van der Waals surface area (Å²) >= 11 is 5.08. The maximum Gasteiger partial charge on any atom is 0.416 e. The van der Waals surface area contributed by atoms with Gasteiger partial charge < -0.3 is 16.0 Å². The molecule has 0 radical (unpaired) electrons. The molecule has 144 valence electrons. The molecule has 2 aliphatic rings. The summed E-state index contributed by atoms with van der Waals surface area (Å²) in [5.41, 5.74) is -3.09. The van der Waals surface area contributed by atoms with E-state index >= 15 is 0 Å². The van der Waals surface area contributed by atoms with E-state index < -0.39 is 23.5 Å². The van der Waals surface area contributed by atoms with Crippen molar-refractivity contribution < 1.29 is 26.3 Å². The molecule has 3 atom stereocenters. The largest absolute Gasteiger partial charge is 0.416 e. The maximum atomic E-state index is 12.9. The zero-order chi connectivity index (χ0) is 19.1. The van der Waals surface area contributed by atoms with E-state index in [1.165, 1.54) is 0 Å². The minimum atomic E-state index is -4.89. The molecule has 0 amide bonds. The number of hydrogen-bond acceptors (Lipinski definition) is 2.